The van der Waals surface area contributed by atoms with Gasteiger partial charge < -0.3 is 19.3 Å². The Hall–Kier alpha value is -2.76. The SMILES string of the molecule is COc1cc2cc(C(=O)O)ccc2c(OC)c1OC(C)=O. The Labute approximate surface area is 120 Å². The van der Waals surface area contributed by atoms with E-state index in [-0.39, 0.29) is 17.1 Å². The Bertz CT molecular complexity index is 720. The number of ether oxygens (including phenoxy) is 3. The minimum Gasteiger partial charge on any atom is -0.493 e. The number of carbonyl (C=O) groups excluding carboxylic acids is 1. The van der Waals surface area contributed by atoms with Crippen LogP contribution in [0.1, 0.15) is 17.3 Å². The molecule has 0 spiro atoms. The number of fused-ring (bicyclic) bond motifs is 1. The summed E-state index contributed by atoms with van der Waals surface area (Å²) in [6.07, 6.45) is 0. The summed E-state index contributed by atoms with van der Waals surface area (Å²) in [5.41, 5.74) is 0.145. The molecule has 2 aromatic rings. The number of hydrogen-bond acceptors (Lipinski definition) is 5. The molecular formula is C15H14O6. The van der Waals surface area contributed by atoms with Crippen LogP contribution in [-0.4, -0.2) is 31.3 Å². The number of carbonyl (C=O) groups is 2. The maximum absolute atomic E-state index is 11.2. The highest BCUT2D eigenvalue weighted by atomic mass is 16.6. The molecule has 0 aliphatic heterocycles. The van der Waals surface area contributed by atoms with Crippen LogP contribution in [-0.2, 0) is 4.79 Å². The Morgan fingerprint density at radius 2 is 1.76 bits per heavy atom. The maximum Gasteiger partial charge on any atom is 0.335 e. The molecule has 0 fully saturated rings. The summed E-state index contributed by atoms with van der Waals surface area (Å²) in [7, 11) is 2.86. The van der Waals surface area contributed by atoms with E-state index in [9.17, 15) is 9.59 Å². The molecule has 0 aromatic heterocycles. The number of benzene rings is 2. The molecule has 1 N–H and O–H groups in total. The summed E-state index contributed by atoms with van der Waals surface area (Å²) in [6.45, 7) is 1.27. The van der Waals surface area contributed by atoms with Crippen LogP contribution in [0.3, 0.4) is 0 Å². The normalized spacial score (nSPS) is 10.2. The van der Waals surface area contributed by atoms with E-state index in [1.54, 1.807) is 12.1 Å². The van der Waals surface area contributed by atoms with Gasteiger partial charge in [0.05, 0.1) is 19.8 Å². The number of aromatic carboxylic acids is 1. The molecule has 0 aliphatic carbocycles. The number of esters is 1. The fourth-order valence-electron chi connectivity index (χ4n) is 2.06. The monoisotopic (exact) mass is 290 g/mol. The van der Waals surface area contributed by atoms with Gasteiger partial charge in [-0.05, 0) is 29.7 Å². The molecule has 0 radical (unpaired) electrons. The summed E-state index contributed by atoms with van der Waals surface area (Å²) in [6, 6.07) is 6.16. The number of carboxylic acids is 1. The fourth-order valence-corrected chi connectivity index (χ4v) is 2.06. The van der Waals surface area contributed by atoms with E-state index in [0.717, 1.165) is 0 Å². The van der Waals surface area contributed by atoms with E-state index in [1.807, 2.05) is 0 Å². The molecule has 0 aliphatic rings. The van der Waals surface area contributed by atoms with Crippen LogP contribution in [0.4, 0.5) is 0 Å². The van der Waals surface area contributed by atoms with Crippen LogP contribution in [0, 0.1) is 0 Å². The van der Waals surface area contributed by atoms with Gasteiger partial charge in [-0.3, -0.25) is 4.79 Å². The second kappa shape index (κ2) is 5.70. The van der Waals surface area contributed by atoms with Crippen molar-refractivity contribution in [1.82, 2.24) is 0 Å². The van der Waals surface area contributed by atoms with Crippen molar-refractivity contribution < 1.29 is 28.9 Å². The summed E-state index contributed by atoms with van der Waals surface area (Å²) in [5, 5.41) is 10.3. The lowest BCUT2D eigenvalue weighted by Crippen LogP contribution is -2.05. The average Bonchev–Trinajstić information content (AvgIpc) is 2.45. The van der Waals surface area contributed by atoms with Crippen LogP contribution in [0.25, 0.3) is 10.8 Å². The molecule has 21 heavy (non-hydrogen) atoms. The highest BCUT2D eigenvalue weighted by Crippen LogP contribution is 2.43. The first-order chi connectivity index (χ1) is 9.97. The summed E-state index contributed by atoms with van der Waals surface area (Å²) >= 11 is 0. The Morgan fingerprint density at radius 1 is 1.05 bits per heavy atom. The lowest BCUT2D eigenvalue weighted by Gasteiger charge is -2.15. The van der Waals surface area contributed by atoms with Gasteiger partial charge in [0, 0.05) is 12.3 Å². The van der Waals surface area contributed by atoms with E-state index in [1.165, 1.54) is 33.3 Å². The van der Waals surface area contributed by atoms with Crippen LogP contribution >= 0.6 is 0 Å². The highest BCUT2D eigenvalue weighted by molar-refractivity contribution is 5.99. The molecule has 0 unspecified atom stereocenters. The Balaban J connectivity index is 2.77. The molecule has 110 valence electrons. The molecule has 2 aromatic carbocycles. The van der Waals surface area contributed by atoms with Gasteiger partial charge in [-0.1, -0.05) is 0 Å². The molecule has 0 saturated heterocycles. The number of hydrogen-bond donors (Lipinski definition) is 1. The van der Waals surface area contributed by atoms with Gasteiger partial charge >= 0.3 is 11.9 Å². The second-order valence-electron chi connectivity index (χ2n) is 4.28. The first-order valence-electron chi connectivity index (χ1n) is 6.08. The fraction of sp³-hybridized carbons (Fsp3) is 0.200. The van der Waals surface area contributed by atoms with E-state index in [4.69, 9.17) is 19.3 Å². The van der Waals surface area contributed by atoms with E-state index in [2.05, 4.69) is 0 Å². The van der Waals surface area contributed by atoms with Gasteiger partial charge in [-0.2, -0.15) is 0 Å². The third-order valence-electron chi connectivity index (χ3n) is 2.93. The van der Waals surface area contributed by atoms with Gasteiger partial charge in [0.1, 0.15) is 0 Å². The van der Waals surface area contributed by atoms with E-state index >= 15 is 0 Å². The standard InChI is InChI=1S/C15H14O6/c1-8(16)21-14-12(19-2)7-10-6-9(15(17)18)4-5-11(10)13(14)20-3/h4-7H,1-3H3,(H,17,18). The van der Waals surface area contributed by atoms with E-state index < -0.39 is 11.9 Å². The summed E-state index contributed by atoms with van der Waals surface area (Å²) in [5.74, 6) is -0.761. The first-order valence-corrected chi connectivity index (χ1v) is 6.08. The van der Waals surface area contributed by atoms with Gasteiger partial charge in [0.25, 0.3) is 0 Å². The third kappa shape index (κ3) is 2.74. The quantitative estimate of drug-likeness (QED) is 0.688. The first kappa shape index (κ1) is 14.6. The van der Waals surface area contributed by atoms with Gasteiger partial charge in [0.2, 0.25) is 5.75 Å². The predicted octanol–water partition coefficient (Wildman–Crippen LogP) is 2.48. The average molecular weight is 290 g/mol. The van der Waals surface area contributed by atoms with Crippen molar-refractivity contribution in [3.05, 3.63) is 29.8 Å². The van der Waals surface area contributed by atoms with Crippen molar-refractivity contribution in [2.24, 2.45) is 0 Å². The smallest absolute Gasteiger partial charge is 0.335 e. The minimum absolute atomic E-state index is 0.145. The molecule has 0 heterocycles. The summed E-state index contributed by atoms with van der Waals surface area (Å²) < 4.78 is 15.6. The largest absolute Gasteiger partial charge is 0.493 e. The Morgan fingerprint density at radius 3 is 2.29 bits per heavy atom. The van der Waals surface area contributed by atoms with Crippen LogP contribution in [0.15, 0.2) is 24.3 Å². The molecule has 2 rings (SSSR count). The molecule has 0 amide bonds. The zero-order chi connectivity index (χ0) is 15.6. The second-order valence-corrected chi connectivity index (χ2v) is 4.28. The van der Waals surface area contributed by atoms with Crippen molar-refractivity contribution in [2.75, 3.05) is 14.2 Å². The minimum atomic E-state index is -1.03. The molecule has 6 heteroatoms. The van der Waals surface area contributed by atoms with Gasteiger partial charge in [-0.15, -0.1) is 0 Å². The zero-order valence-electron chi connectivity index (χ0n) is 11.8. The number of rotatable bonds is 4. The zero-order valence-corrected chi connectivity index (χ0v) is 11.8. The van der Waals surface area contributed by atoms with Crippen molar-refractivity contribution >= 4 is 22.7 Å². The molecule has 0 bridgehead atoms. The molecule has 0 atom stereocenters. The lowest BCUT2D eigenvalue weighted by molar-refractivity contribution is -0.132. The van der Waals surface area contributed by atoms with Crippen LogP contribution in [0.2, 0.25) is 0 Å². The van der Waals surface area contributed by atoms with Crippen molar-refractivity contribution in [2.45, 2.75) is 6.92 Å². The number of carboxylic acid groups (broad SMARTS) is 1. The van der Waals surface area contributed by atoms with Crippen LogP contribution < -0.4 is 14.2 Å². The maximum atomic E-state index is 11.2. The lowest BCUT2D eigenvalue weighted by atomic mass is 10.0. The van der Waals surface area contributed by atoms with Gasteiger partial charge in [-0.25, -0.2) is 4.79 Å². The van der Waals surface area contributed by atoms with Gasteiger partial charge in [0.15, 0.2) is 11.5 Å². The van der Waals surface area contributed by atoms with Crippen molar-refractivity contribution in [3.8, 4) is 17.2 Å². The van der Waals surface area contributed by atoms with Crippen molar-refractivity contribution in [3.63, 3.8) is 0 Å². The number of methoxy groups -OCH3 is 2. The molecular weight excluding hydrogens is 276 g/mol. The van der Waals surface area contributed by atoms with Crippen LogP contribution in [0.5, 0.6) is 17.2 Å². The predicted molar refractivity (Wildman–Crippen MR) is 75.3 cm³/mol. The highest BCUT2D eigenvalue weighted by Gasteiger charge is 2.19. The van der Waals surface area contributed by atoms with E-state index in [0.29, 0.717) is 16.5 Å². The Kier molecular flexibility index (Phi) is 3.98. The summed E-state index contributed by atoms with van der Waals surface area (Å²) in [4.78, 5) is 22.3. The third-order valence-corrected chi connectivity index (χ3v) is 2.93. The molecule has 6 nitrogen and oxygen atoms in total. The van der Waals surface area contributed by atoms with Crippen molar-refractivity contribution in [1.29, 1.82) is 0 Å². The topological polar surface area (TPSA) is 82.1 Å². The molecule has 0 saturated carbocycles.